The minimum atomic E-state index is 0. The molecule has 0 aliphatic carbocycles. The van der Waals surface area contributed by atoms with Crippen molar-refractivity contribution in [3.63, 3.8) is 0 Å². The van der Waals surface area contributed by atoms with E-state index in [0.29, 0.717) is 0 Å². The number of rotatable bonds is 0. The fourth-order valence-electron chi connectivity index (χ4n) is 0. The van der Waals surface area contributed by atoms with Crippen LogP contribution in [0, 0.1) is 0 Å². The quantitative estimate of drug-likeness (QED) is 0.249. The first kappa shape index (κ1) is 97.3. The van der Waals surface area contributed by atoms with E-state index in [2.05, 4.69) is 0 Å². The van der Waals surface area contributed by atoms with E-state index in [0.717, 1.165) is 0 Å². The van der Waals surface area contributed by atoms with Gasteiger partial charge in [0.25, 0.3) is 0 Å². The Hall–Kier alpha value is 3.72. The number of hydrogen-bond donors (Lipinski definition) is 0. The van der Waals surface area contributed by atoms with E-state index in [-0.39, 0.29) is 137 Å². The van der Waals surface area contributed by atoms with E-state index >= 15 is 0 Å². The Morgan fingerprint density at radius 3 is 0.250 bits per heavy atom. The molecule has 0 unspecified atom stereocenters. The van der Waals surface area contributed by atoms with E-state index in [1.54, 1.807) is 0 Å². The first-order valence-electron chi connectivity index (χ1n) is 0. The zero-order valence-corrected chi connectivity index (χ0v) is 13.5. The fraction of sp³-hybridized carbons (Fsp3) is 0. The molecule has 0 bridgehead atoms. The predicted molar refractivity (Wildman–Crippen MR) is 0 cm³/mol. The molecule has 8 heavy (non-hydrogen) atoms. The molecule has 8 heteroatoms. The zero-order valence-electron chi connectivity index (χ0n) is 5.51. The Labute approximate surface area is 134 Å². The summed E-state index contributed by atoms with van der Waals surface area (Å²) in [7, 11) is 0. The molecule has 0 aromatic rings. The van der Waals surface area contributed by atoms with Crippen molar-refractivity contribution in [3.8, 4) is 0 Å². The summed E-state index contributed by atoms with van der Waals surface area (Å²) in [6, 6.07) is 0. The van der Waals surface area contributed by atoms with Gasteiger partial charge in [0.1, 0.15) is 0 Å². The van der Waals surface area contributed by atoms with Crippen LogP contribution in [0.25, 0.3) is 0 Å². The van der Waals surface area contributed by atoms with Crippen molar-refractivity contribution in [3.05, 3.63) is 0 Å². The summed E-state index contributed by atoms with van der Waals surface area (Å²) < 4.78 is 0. The monoisotopic (exact) mass is 168 g/mol. The Morgan fingerprint density at radius 1 is 0.250 bits per heavy atom. The Bertz CT molecular complexity index is 8.00. The third kappa shape index (κ3) is 53.4. The van der Waals surface area contributed by atoms with Crippen molar-refractivity contribution in [2.24, 2.45) is 0 Å². The second kappa shape index (κ2) is 73.2. The van der Waals surface area contributed by atoms with Crippen molar-refractivity contribution in [2.75, 3.05) is 0 Å². The molecule has 0 aromatic heterocycles. The maximum Gasteiger partial charge on any atom is 1.00 e. The van der Waals surface area contributed by atoms with Crippen LogP contribution < -0.4 is 137 Å². The van der Waals surface area contributed by atoms with Gasteiger partial charge in [-0.3, -0.25) is 0 Å². The minimum Gasteiger partial charge on any atom is -1.00 e. The van der Waals surface area contributed by atoms with Crippen molar-refractivity contribution >= 4 is 0 Å². The summed E-state index contributed by atoms with van der Waals surface area (Å²) in [4.78, 5) is 0. The first-order valence-corrected chi connectivity index (χ1v) is 0. The summed E-state index contributed by atoms with van der Waals surface area (Å²) in [5.41, 5.74) is 0. The van der Waals surface area contributed by atoms with Gasteiger partial charge >= 0.3 is 118 Å². The van der Waals surface area contributed by atoms with Crippen molar-refractivity contribution in [1.82, 2.24) is 0 Å². The van der Waals surface area contributed by atoms with Crippen LogP contribution in [-0.2, 0) is 0 Å². The smallest absolute Gasteiger partial charge is 1.00 e. The molecule has 0 amide bonds. The van der Waals surface area contributed by atoms with E-state index in [4.69, 9.17) is 0 Å². The second-order valence-corrected chi connectivity index (χ2v) is 0. The van der Waals surface area contributed by atoms with Crippen LogP contribution in [0.2, 0.25) is 0 Å². The van der Waals surface area contributed by atoms with Crippen molar-refractivity contribution < 1.29 is 137 Å². The predicted octanol–water partition coefficient (Wildman–Crippen LogP) is -24.0. The third-order valence-electron chi connectivity index (χ3n) is 0. The van der Waals surface area contributed by atoms with E-state index in [1.807, 2.05) is 0 Å². The molecule has 0 N–H and O–H groups in total. The minimum absolute atomic E-state index is 0. The van der Waals surface area contributed by atoms with Gasteiger partial charge in [0.05, 0.1) is 0 Å². The van der Waals surface area contributed by atoms with Crippen molar-refractivity contribution in [2.45, 2.75) is 0 Å². The molecule has 0 spiro atoms. The van der Waals surface area contributed by atoms with Crippen LogP contribution in [-0.4, -0.2) is 0 Å². The molecule has 0 aliphatic rings. The van der Waals surface area contributed by atoms with Gasteiger partial charge in [-0.25, -0.2) is 0 Å². The van der Waals surface area contributed by atoms with Gasteiger partial charge in [0.15, 0.2) is 0 Å². The molecular weight excluding hydrogens is 168 g/mol. The normalized spacial score (nSPS) is 0. The van der Waals surface area contributed by atoms with Gasteiger partial charge in [-0.2, -0.15) is 0 Å². The molecular formula is F4Na4. The number of hydrogen-bond acceptors (Lipinski definition) is 0. The Balaban J connectivity index is 0. The second-order valence-electron chi connectivity index (χ2n) is 0. The van der Waals surface area contributed by atoms with Crippen LogP contribution in [0.15, 0.2) is 0 Å². The summed E-state index contributed by atoms with van der Waals surface area (Å²) in [5.74, 6) is 0. The van der Waals surface area contributed by atoms with Crippen molar-refractivity contribution in [1.29, 1.82) is 0 Å². The molecule has 0 nitrogen and oxygen atoms in total. The van der Waals surface area contributed by atoms with Crippen LogP contribution in [0.4, 0.5) is 0 Å². The molecule has 0 aromatic carbocycles. The Kier molecular flexibility index (Phi) is 890. The van der Waals surface area contributed by atoms with E-state index in [1.165, 1.54) is 0 Å². The molecule has 0 fully saturated rings. The van der Waals surface area contributed by atoms with Crippen LogP contribution in [0.1, 0.15) is 0 Å². The topological polar surface area (TPSA) is 0 Å². The van der Waals surface area contributed by atoms with Gasteiger partial charge < -0.3 is 18.8 Å². The van der Waals surface area contributed by atoms with Gasteiger partial charge in [0.2, 0.25) is 0 Å². The molecule has 0 atom stereocenters. The summed E-state index contributed by atoms with van der Waals surface area (Å²) >= 11 is 0. The zero-order chi connectivity index (χ0) is 0. The van der Waals surface area contributed by atoms with E-state index < -0.39 is 0 Å². The van der Waals surface area contributed by atoms with Gasteiger partial charge in [-0.15, -0.1) is 0 Å². The third-order valence-corrected chi connectivity index (χ3v) is 0. The molecule has 0 saturated carbocycles. The average Bonchev–Trinajstić information content (AvgIpc) is 0. The maximum absolute atomic E-state index is 0. The Morgan fingerprint density at radius 2 is 0.250 bits per heavy atom. The maximum atomic E-state index is 0. The summed E-state index contributed by atoms with van der Waals surface area (Å²) in [5, 5.41) is 0. The van der Waals surface area contributed by atoms with Crippen LogP contribution >= 0.6 is 0 Å². The average molecular weight is 168 g/mol. The van der Waals surface area contributed by atoms with Crippen LogP contribution in [0.3, 0.4) is 0 Å². The molecule has 0 rings (SSSR count). The largest absolute Gasteiger partial charge is 1.00 e. The van der Waals surface area contributed by atoms with E-state index in [9.17, 15) is 0 Å². The fourth-order valence-corrected chi connectivity index (χ4v) is 0. The molecule has 0 radical (unpaired) electrons. The standard InChI is InChI=1S/4FH.4Na/h4*1H;;;;/q;;;;4*+1/p-4. The van der Waals surface area contributed by atoms with Gasteiger partial charge in [-0.05, 0) is 0 Å². The van der Waals surface area contributed by atoms with Gasteiger partial charge in [0, 0.05) is 0 Å². The van der Waals surface area contributed by atoms with Crippen LogP contribution in [0.5, 0.6) is 0 Å². The van der Waals surface area contributed by atoms with Gasteiger partial charge in [-0.1, -0.05) is 0 Å². The number of halogens is 4. The summed E-state index contributed by atoms with van der Waals surface area (Å²) in [6.45, 7) is 0. The first-order chi connectivity index (χ1) is 0. The SMILES string of the molecule is [F-].[F-].[F-].[F-].[Na+].[Na+].[Na+].[Na+]. The molecule has 0 aliphatic heterocycles. The molecule has 0 saturated heterocycles. The molecule has 0 heterocycles. The summed E-state index contributed by atoms with van der Waals surface area (Å²) in [6.07, 6.45) is 0. The molecule has 32 valence electrons.